The van der Waals surface area contributed by atoms with Gasteiger partial charge < -0.3 is 16.0 Å². The number of amides is 2. The lowest BCUT2D eigenvalue weighted by molar-refractivity contribution is -0.127. The summed E-state index contributed by atoms with van der Waals surface area (Å²) in [6, 6.07) is -0.129. The molecular weight excluding hydrogens is 246 g/mol. The molecule has 7 heteroatoms. The van der Waals surface area contributed by atoms with Crippen LogP contribution in [0.25, 0.3) is 0 Å². The molecule has 104 valence electrons. The molecule has 3 N–H and O–H groups in total. The van der Waals surface area contributed by atoms with Crippen LogP contribution >= 0.6 is 0 Å². The van der Waals surface area contributed by atoms with Crippen molar-refractivity contribution in [2.45, 2.75) is 25.8 Å². The van der Waals surface area contributed by atoms with Crippen LogP contribution in [0.1, 0.15) is 30.3 Å². The molecule has 1 unspecified atom stereocenters. The Labute approximate surface area is 111 Å². The SMILES string of the molecule is CC(CN1CCCC1=O)NC(=O)c1nn(C)cc1N. The van der Waals surface area contributed by atoms with Gasteiger partial charge in [0.05, 0.1) is 5.69 Å². The molecule has 19 heavy (non-hydrogen) atoms. The van der Waals surface area contributed by atoms with E-state index in [-0.39, 0.29) is 23.6 Å². The van der Waals surface area contributed by atoms with Gasteiger partial charge in [-0.05, 0) is 13.3 Å². The molecule has 0 radical (unpaired) electrons. The molecule has 0 bridgehead atoms. The van der Waals surface area contributed by atoms with Crippen LogP contribution in [0.2, 0.25) is 0 Å². The van der Waals surface area contributed by atoms with E-state index in [1.54, 1.807) is 18.1 Å². The number of anilines is 1. The molecular formula is C12H19N5O2. The van der Waals surface area contributed by atoms with Crippen molar-refractivity contribution in [3.63, 3.8) is 0 Å². The fraction of sp³-hybridized carbons (Fsp3) is 0.583. The van der Waals surface area contributed by atoms with Gasteiger partial charge in [-0.2, -0.15) is 5.10 Å². The first-order chi connectivity index (χ1) is 8.97. The van der Waals surface area contributed by atoms with Crippen molar-refractivity contribution in [2.75, 3.05) is 18.8 Å². The Morgan fingerprint density at radius 3 is 2.89 bits per heavy atom. The number of aryl methyl sites for hydroxylation is 1. The van der Waals surface area contributed by atoms with E-state index in [4.69, 9.17) is 5.73 Å². The van der Waals surface area contributed by atoms with E-state index in [1.165, 1.54) is 4.68 Å². The number of nitrogens with one attached hydrogen (secondary N) is 1. The molecule has 1 atom stereocenters. The summed E-state index contributed by atoms with van der Waals surface area (Å²) < 4.78 is 1.50. The molecule has 7 nitrogen and oxygen atoms in total. The van der Waals surface area contributed by atoms with Crippen LogP contribution in [0.3, 0.4) is 0 Å². The van der Waals surface area contributed by atoms with Crippen molar-refractivity contribution >= 4 is 17.5 Å². The maximum atomic E-state index is 12.0. The van der Waals surface area contributed by atoms with Gasteiger partial charge in [0, 0.05) is 38.8 Å². The monoisotopic (exact) mass is 265 g/mol. The molecule has 1 aliphatic heterocycles. The lowest BCUT2D eigenvalue weighted by atomic mass is 10.2. The van der Waals surface area contributed by atoms with Crippen LogP contribution in [0.15, 0.2) is 6.20 Å². The molecule has 1 saturated heterocycles. The van der Waals surface area contributed by atoms with Crippen LogP contribution in [0.4, 0.5) is 5.69 Å². The number of rotatable bonds is 4. The number of carbonyl (C=O) groups excluding carboxylic acids is 2. The number of likely N-dealkylation sites (tertiary alicyclic amines) is 1. The Kier molecular flexibility index (Phi) is 3.73. The molecule has 0 saturated carbocycles. The van der Waals surface area contributed by atoms with Gasteiger partial charge in [-0.15, -0.1) is 0 Å². The fourth-order valence-corrected chi connectivity index (χ4v) is 2.25. The second-order valence-corrected chi connectivity index (χ2v) is 4.92. The fourth-order valence-electron chi connectivity index (χ4n) is 2.25. The molecule has 2 rings (SSSR count). The molecule has 0 spiro atoms. The van der Waals surface area contributed by atoms with Gasteiger partial charge in [0.25, 0.3) is 5.91 Å². The second-order valence-electron chi connectivity index (χ2n) is 4.92. The molecule has 1 aliphatic rings. The van der Waals surface area contributed by atoms with E-state index in [0.717, 1.165) is 13.0 Å². The van der Waals surface area contributed by atoms with Gasteiger partial charge in [-0.1, -0.05) is 0 Å². The Bertz CT molecular complexity index is 496. The number of aromatic nitrogens is 2. The first-order valence-corrected chi connectivity index (χ1v) is 6.35. The van der Waals surface area contributed by atoms with E-state index in [1.807, 2.05) is 6.92 Å². The summed E-state index contributed by atoms with van der Waals surface area (Å²) in [5.74, 6) is -0.157. The highest BCUT2D eigenvalue weighted by molar-refractivity contribution is 5.97. The van der Waals surface area contributed by atoms with Gasteiger partial charge in [0.15, 0.2) is 5.69 Å². The van der Waals surface area contributed by atoms with Gasteiger partial charge >= 0.3 is 0 Å². The maximum absolute atomic E-state index is 12.0. The predicted octanol–water partition coefficient (Wildman–Crippen LogP) is -0.257. The quantitative estimate of drug-likeness (QED) is 0.784. The van der Waals surface area contributed by atoms with Crippen molar-refractivity contribution in [3.8, 4) is 0 Å². The second kappa shape index (κ2) is 5.29. The highest BCUT2D eigenvalue weighted by Crippen LogP contribution is 2.11. The summed E-state index contributed by atoms with van der Waals surface area (Å²) in [6.45, 7) is 3.16. The largest absolute Gasteiger partial charge is 0.396 e. The maximum Gasteiger partial charge on any atom is 0.274 e. The minimum Gasteiger partial charge on any atom is -0.396 e. The average molecular weight is 265 g/mol. The molecule has 2 heterocycles. The third-order valence-corrected chi connectivity index (χ3v) is 3.12. The Morgan fingerprint density at radius 2 is 2.37 bits per heavy atom. The zero-order valence-corrected chi connectivity index (χ0v) is 11.2. The summed E-state index contributed by atoms with van der Waals surface area (Å²) in [6.07, 6.45) is 3.09. The zero-order valence-electron chi connectivity index (χ0n) is 11.2. The molecule has 1 aromatic heterocycles. The van der Waals surface area contributed by atoms with Crippen molar-refractivity contribution in [1.82, 2.24) is 20.0 Å². The van der Waals surface area contributed by atoms with Crippen LogP contribution in [0, 0.1) is 0 Å². The van der Waals surface area contributed by atoms with E-state index in [9.17, 15) is 9.59 Å². The standard InChI is InChI=1S/C12H19N5O2/c1-8(6-17-5-3-4-10(17)18)14-12(19)11-9(13)7-16(2)15-11/h7-8H,3-6,13H2,1-2H3,(H,14,19). The highest BCUT2D eigenvalue weighted by Gasteiger charge is 2.23. The minimum absolute atomic E-state index is 0.129. The van der Waals surface area contributed by atoms with Crippen LogP contribution in [0.5, 0.6) is 0 Å². The molecule has 1 fully saturated rings. The van der Waals surface area contributed by atoms with Crippen molar-refractivity contribution in [1.29, 1.82) is 0 Å². The number of carbonyl (C=O) groups is 2. The van der Waals surface area contributed by atoms with Gasteiger partial charge in [0.2, 0.25) is 5.91 Å². The van der Waals surface area contributed by atoms with E-state index >= 15 is 0 Å². The minimum atomic E-state index is -0.308. The smallest absolute Gasteiger partial charge is 0.274 e. The molecule has 2 amide bonds. The van der Waals surface area contributed by atoms with Crippen molar-refractivity contribution in [2.24, 2.45) is 7.05 Å². The van der Waals surface area contributed by atoms with Crippen LogP contribution in [-0.2, 0) is 11.8 Å². The average Bonchev–Trinajstić information content (AvgIpc) is 2.85. The van der Waals surface area contributed by atoms with E-state index in [2.05, 4.69) is 10.4 Å². The normalized spacial score (nSPS) is 16.7. The number of nitrogen functional groups attached to an aromatic ring is 1. The van der Waals surface area contributed by atoms with Crippen molar-refractivity contribution in [3.05, 3.63) is 11.9 Å². The predicted molar refractivity (Wildman–Crippen MR) is 70.4 cm³/mol. The first-order valence-electron chi connectivity index (χ1n) is 6.35. The number of nitrogens with zero attached hydrogens (tertiary/aromatic N) is 3. The topological polar surface area (TPSA) is 93.2 Å². The van der Waals surface area contributed by atoms with E-state index < -0.39 is 0 Å². The summed E-state index contributed by atoms with van der Waals surface area (Å²) in [7, 11) is 1.71. The molecule has 1 aromatic rings. The number of hydrogen-bond donors (Lipinski definition) is 2. The lowest BCUT2D eigenvalue weighted by Gasteiger charge is -2.21. The Morgan fingerprint density at radius 1 is 1.63 bits per heavy atom. The van der Waals surface area contributed by atoms with Gasteiger partial charge in [0.1, 0.15) is 0 Å². The first kappa shape index (κ1) is 13.4. The van der Waals surface area contributed by atoms with Gasteiger partial charge in [-0.3, -0.25) is 14.3 Å². The Balaban J connectivity index is 1.91. The zero-order chi connectivity index (χ0) is 14.0. The molecule has 0 aliphatic carbocycles. The number of nitrogens with two attached hydrogens (primary N) is 1. The van der Waals surface area contributed by atoms with Crippen LogP contribution in [-0.4, -0.2) is 45.6 Å². The third-order valence-electron chi connectivity index (χ3n) is 3.12. The third kappa shape index (κ3) is 3.04. The number of hydrogen-bond acceptors (Lipinski definition) is 4. The summed E-state index contributed by atoms with van der Waals surface area (Å²) in [4.78, 5) is 25.2. The van der Waals surface area contributed by atoms with Crippen LogP contribution < -0.4 is 11.1 Å². The highest BCUT2D eigenvalue weighted by atomic mass is 16.2. The summed E-state index contributed by atoms with van der Waals surface area (Å²) in [5, 5.41) is 6.82. The summed E-state index contributed by atoms with van der Waals surface area (Å²) in [5.41, 5.74) is 6.27. The van der Waals surface area contributed by atoms with E-state index in [0.29, 0.717) is 18.7 Å². The molecule has 0 aromatic carbocycles. The Hall–Kier alpha value is -2.05. The lowest BCUT2D eigenvalue weighted by Crippen LogP contribution is -2.42. The summed E-state index contributed by atoms with van der Waals surface area (Å²) >= 11 is 0. The van der Waals surface area contributed by atoms with Gasteiger partial charge in [-0.25, -0.2) is 0 Å². The van der Waals surface area contributed by atoms with Crippen molar-refractivity contribution < 1.29 is 9.59 Å².